The summed E-state index contributed by atoms with van der Waals surface area (Å²) >= 11 is 0. The standard InChI is InChI=1S/C17H17NO3/c19-16(18-9-8-14(11-18)17(20)21)10-13-6-3-5-12-4-1-2-7-15(12)13/h1-7,14H,8-11H2,(H,20,21). The number of benzene rings is 2. The first-order valence-electron chi connectivity index (χ1n) is 7.12. The maximum absolute atomic E-state index is 12.4. The van der Waals surface area contributed by atoms with Crippen molar-refractivity contribution in [2.24, 2.45) is 5.92 Å². The summed E-state index contributed by atoms with van der Waals surface area (Å²) in [5, 5.41) is 11.2. The molecule has 0 radical (unpaired) electrons. The molecule has 1 fully saturated rings. The lowest BCUT2D eigenvalue weighted by Crippen LogP contribution is -2.31. The third-order valence-electron chi connectivity index (χ3n) is 4.11. The van der Waals surface area contributed by atoms with Gasteiger partial charge in [0.2, 0.25) is 5.91 Å². The van der Waals surface area contributed by atoms with Crippen LogP contribution in [-0.2, 0) is 16.0 Å². The van der Waals surface area contributed by atoms with Crippen molar-refractivity contribution in [1.82, 2.24) is 4.90 Å². The molecule has 2 aromatic carbocycles. The van der Waals surface area contributed by atoms with Gasteiger partial charge in [-0.25, -0.2) is 0 Å². The minimum Gasteiger partial charge on any atom is -0.481 e. The quantitative estimate of drug-likeness (QED) is 0.940. The minimum absolute atomic E-state index is 0.00935. The Morgan fingerprint density at radius 2 is 1.90 bits per heavy atom. The maximum Gasteiger partial charge on any atom is 0.308 e. The predicted molar refractivity (Wildman–Crippen MR) is 80.0 cm³/mol. The van der Waals surface area contributed by atoms with Crippen LogP contribution in [0.1, 0.15) is 12.0 Å². The molecule has 3 rings (SSSR count). The van der Waals surface area contributed by atoms with Crippen molar-refractivity contribution in [3.63, 3.8) is 0 Å². The highest BCUT2D eigenvalue weighted by atomic mass is 16.4. The number of carboxylic acid groups (broad SMARTS) is 1. The van der Waals surface area contributed by atoms with Crippen LogP contribution in [-0.4, -0.2) is 35.0 Å². The van der Waals surface area contributed by atoms with Crippen molar-refractivity contribution >= 4 is 22.6 Å². The van der Waals surface area contributed by atoms with Crippen molar-refractivity contribution in [2.75, 3.05) is 13.1 Å². The molecule has 0 saturated carbocycles. The van der Waals surface area contributed by atoms with Crippen molar-refractivity contribution in [3.05, 3.63) is 48.0 Å². The molecule has 1 amide bonds. The van der Waals surface area contributed by atoms with Crippen molar-refractivity contribution < 1.29 is 14.7 Å². The first kappa shape index (κ1) is 13.6. The Morgan fingerprint density at radius 3 is 2.67 bits per heavy atom. The Labute approximate surface area is 123 Å². The largest absolute Gasteiger partial charge is 0.481 e. The molecule has 1 heterocycles. The molecule has 1 N–H and O–H groups in total. The number of aliphatic carboxylic acids is 1. The zero-order chi connectivity index (χ0) is 14.8. The second-order valence-electron chi connectivity index (χ2n) is 5.48. The van der Waals surface area contributed by atoms with E-state index >= 15 is 0 Å². The number of carbonyl (C=O) groups excluding carboxylic acids is 1. The van der Waals surface area contributed by atoms with Gasteiger partial charge in [0, 0.05) is 13.1 Å². The molecular formula is C17H17NO3. The molecule has 1 atom stereocenters. The van der Waals surface area contributed by atoms with Gasteiger partial charge in [0.25, 0.3) is 0 Å². The average molecular weight is 283 g/mol. The number of fused-ring (bicyclic) bond motifs is 1. The first-order valence-corrected chi connectivity index (χ1v) is 7.12. The van der Waals surface area contributed by atoms with Crippen molar-refractivity contribution in [1.29, 1.82) is 0 Å². The van der Waals surface area contributed by atoms with Crippen LogP contribution < -0.4 is 0 Å². The highest BCUT2D eigenvalue weighted by molar-refractivity contribution is 5.90. The lowest BCUT2D eigenvalue weighted by molar-refractivity contribution is -0.141. The van der Waals surface area contributed by atoms with Crippen LogP contribution in [0.25, 0.3) is 10.8 Å². The Bertz CT molecular complexity index is 690. The molecule has 0 aromatic heterocycles. The molecule has 0 aliphatic carbocycles. The van der Waals surface area contributed by atoms with E-state index < -0.39 is 11.9 Å². The summed E-state index contributed by atoms with van der Waals surface area (Å²) in [4.78, 5) is 25.0. The normalized spacial score (nSPS) is 18.1. The molecule has 1 aliphatic heterocycles. The molecule has 108 valence electrons. The topological polar surface area (TPSA) is 57.6 Å². The number of hydrogen-bond acceptors (Lipinski definition) is 2. The third kappa shape index (κ3) is 2.75. The molecule has 0 bridgehead atoms. The molecular weight excluding hydrogens is 266 g/mol. The van der Waals surface area contributed by atoms with Gasteiger partial charge < -0.3 is 10.0 Å². The number of hydrogen-bond donors (Lipinski definition) is 1. The number of amides is 1. The van der Waals surface area contributed by atoms with E-state index in [0.29, 0.717) is 25.9 Å². The van der Waals surface area contributed by atoms with Crippen LogP contribution >= 0.6 is 0 Å². The van der Waals surface area contributed by atoms with Gasteiger partial charge in [-0.15, -0.1) is 0 Å². The smallest absolute Gasteiger partial charge is 0.308 e. The number of carboxylic acids is 1. The Hall–Kier alpha value is -2.36. The average Bonchev–Trinajstić information content (AvgIpc) is 2.98. The van der Waals surface area contributed by atoms with Gasteiger partial charge in [-0.2, -0.15) is 0 Å². The van der Waals surface area contributed by atoms with Crippen LogP contribution in [0.2, 0.25) is 0 Å². The molecule has 2 aromatic rings. The van der Waals surface area contributed by atoms with Crippen molar-refractivity contribution in [2.45, 2.75) is 12.8 Å². The Kier molecular flexibility index (Phi) is 3.60. The van der Waals surface area contributed by atoms with E-state index in [2.05, 4.69) is 0 Å². The lowest BCUT2D eigenvalue weighted by Gasteiger charge is -2.16. The van der Waals surface area contributed by atoms with Gasteiger partial charge in [0.1, 0.15) is 0 Å². The summed E-state index contributed by atoms with van der Waals surface area (Å²) in [7, 11) is 0. The SMILES string of the molecule is O=C(O)C1CCN(C(=O)Cc2cccc3ccccc23)C1. The monoisotopic (exact) mass is 283 g/mol. The molecule has 1 aliphatic rings. The van der Waals surface area contributed by atoms with E-state index in [0.717, 1.165) is 16.3 Å². The molecule has 1 unspecified atom stereocenters. The van der Waals surface area contributed by atoms with E-state index in [1.165, 1.54) is 0 Å². The van der Waals surface area contributed by atoms with E-state index in [1.54, 1.807) is 4.90 Å². The van der Waals surface area contributed by atoms with E-state index in [-0.39, 0.29) is 5.91 Å². The fourth-order valence-electron chi connectivity index (χ4n) is 2.91. The molecule has 21 heavy (non-hydrogen) atoms. The van der Waals surface area contributed by atoms with Gasteiger partial charge in [0.15, 0.2) is 0 Å². The number of nitrogens with zero attached hydrogens (tertiary/aromatic N) is 1. The predicted octanol–water partition coefficient (Wildman–Crippen LogP) is 2.32. The van der Waals surface area contributed by atoms with Crippen LogP contribution in [0.5, 0.6) is 0 Å². The zero-order valence-electron chi connectivity index (χ0n) is 11.7. The van der Waals surface area contributed by atoms with Crippen LogP contribution in [0.4, 0.5) is 0 Å². The van der Waals surface area contributed by atoms with Crippen LogP contribution in [0.3, 0.4) is 0 Å². The lowest BCUT2D eigenvalue weighted by atomic mass is 10.0. The van der Waals surface area contributed by atoms with Gasteiger partial charge >= 0.3 is 5.97 Å². The van der Waals surface area contributed by atoms with Crippen molar-refractivity contribution in [3.8, 4) is 0 Å². The summed E-state index contributed by atoms with van der Waals surface area (Å²) in [6.45, 7) is 0.875. The number of likely N-dealkylation sites (tertiary alicyclic amines) is 1. The van der Waals surface area contributed by atoms with Gasteiger partial charge in [-0.05, 0) is 22.8 Å². The van der Waals surface area contributed by atoms with Gasteiger partial charge in [-0.3, -0.25) is 9.59 Å². The Morgan fingerprint density at radius 1 is 1.14 bits per heavy atom. The maximum atomic E-state index is 12.4. The van der Waals surface area contributed by atoms with E-state index in [9.17, 15) is 9.59 Å². The molecule has 1 saturated heterocycles. The van der Waals surface area contributed by atoms with Crippen LogP contribution in [0, 0.1) is 5.92 Å². The van der Waals surface area contributed by atoms with E-state index in [1.807, 2.05) is 42.5 Å². The molecule has 4 nitrogen and oxygen atoms in total. The van der Waals surface area contributed by atoms with E-state index in [4.69, 9.17) is 5.11 Å². The summed E-state index contributed by atoms with van der Waals surface area (Å²) in [6, 6.07) is 13.9. The molecule has 0 spiro atoms. The van der Waals surface area contributed by atoms with Crippen LogP contribution in [0.15, 0.2) is 42.5 Å². The summed E-state index contributed by atoms with van der Waals surface area (Å²) in [6.07, 6.45) is 0.879. The second-order valence-corrected chi connectivity index (χ2v) is 5.48. The minimum atomic E-state index is -0.810. The third-order valence-corrected chi connectivity index (χ3v) is 4.11. The first-order chi connectivity index (χ1) is 10.1. The second kappa shape index (κ2) is 5.56. The molecule has 4 heteroatoms. The Balaban J connectivity index is 1.77. The highest BCUT2D eigenvalue weighted by Crippen LogP contribution is 2.21. The van der Waals surface area contributed by atoms with Gasteiger partial charge in [-0.1, -0.05) is 42.5 Å². The fourth-order valence-corrected chi connectivity index (χ4v) is 2.91. The number of rotatable bonds is 3. The van der Waals surface area contributed by atoms with Gasteiger partial charge in [0.05, 0.1) is 12.3 Å². The fraction of sp³-hybridized carbons (Fsp3) is 0.294. The summed E-state index contributed by atoms with van der Waals surface area (Å²) in [5.41, 5.74) is 0.997. The summed E-state index contributed by atoms with van der Waals surface area (Å²) in [5.74, 6) is -1.22. The highest BCUT2D eigenvalue weighted by Gasteiger charge is 2.30. The number of carbonyl (C=O) groups is 2. The zero-order valence-corrected chi connectivity index (χ0v) is 11.7. The summed E-state index contributed by atoms with van der Waals surface area (Å²) < 4.78 is 0.